The molecule has 0 aliphatic carbocycles. The number of nitrogens with zero attached hydrogens (tertiary/aromatic N) is 1. The van der Waals surface area contributed by atoms with Gasteiger partial charge < -0.3 is 10.1 Å². The molecule has 0 heterocycles. The molecule has 0 fully saturated rings. The van der Waals surface area contributed by atoms with Gasteiger partial charge in [-0.3, -0.25) is 0 Å². The van der Waals surface area contributed by atoms with Gasteiger partial charge in [0, 0.05) is 10.9 Å². The van der Waals surface area contributed by atoms with Crippen LogP contribution in [0.25, 0.3) is 0 Å². The van der Waals surface area contributed by atoms with Gasteiger partial charge in [-0.1, -0.05) is 46.3 Å². The van der Waals surface area contributed by atoms with Crippen LogP contribution in [0.3, 0.4) is 0 Å². The highest BCUT2D eigenvalue weighted by Gasteiger charge is 2.15. The lowest BCUT2D eigenvalue weighted by atomic mass is 10.1. The largest absolute Gasteiger partial charge is 0.484 e. The summed E-state index contributed by atoms with van der Waals surface area (Å²) in [5.74, 6) is 0.608. The van der Waals surface area contributed by atoms with E-state index in [2.05, 4.69) is 27.3 Å². The molecule has 0 radical (unpaired) electrons. The number of halogens is 2. The molecule has 0 unspecified atom stereocenters. The van der Waals surface area contributed by atoms with Crippen molar-refractivity contribution < 1.29 is 4.74 Å². The summed E-state index contributed by atoms with van der Waals surface area (Å²) in [6.45, 7) is 0.843. The van der Waals surface area contributed by atoms with Gasteiger partial charge in [0.15, 0.2) is 0 Å². The Morgan fingerprint density at radius 2 is 1.95 bits per heavy atom. The molecule has 22 heavy (non-hydrogen) atoms. The van der Waals surface area contributed by atoms with E-state index in [0.717, 1.165) is 23.0 Å². The molecule has 0 spiro atoms. The third-order valence-corrected chi connectivity index (χ3v) is 3.65. The fraction of sp³-hybridized carbons (Fsp3) is 0.235. The standard InChI is InChI=1S/C17H17BrN2O.ClH/c1-20-10-9-16(13-5-3-2-4-6-13)21-17-11-15(18)8-7-14(17)12-19;/h2-8,11,16,20H,9-10H2,1H3;1H/t16-;/m1./s1. The molecule has 1 N–H and O–H groups in total. The van der Waals surface area contributed by atoms with E-state index >= 15 is 0 Å². The quantitative estimate of drug-likeness (QED) is 0.803. The zero-order chi connectivity index (χ0) is 15.1. The highest BCUT2D eigenvalue weighted by molar-refractivity contribution is 9.10. The van der Waals surface area contributed by atoms with E-state index in [1.54, 1.807) is 6.07 Å². The van der Waals surface area contributed by atoms with Crippen LogP contribution in [0.1, 0.15) is 23.7 Å². The van der Waals surface area contributed by atoms with Crippen molar-refractivity contribution in [2.45, 2.75) is 12.5 Å². The molecule has 0 aromatic heterocycles. The first kappa shape index (κ1) is 18.5. The Morgan fingerprint density at radius 1 is 1.23 bits per heavy atom. The van der Waals surface area contributed by atoms with E-state index in [-0.39, 0.29) is 18.5 Å². The lowest BCUT2D eigenvalue weighted by molar-refractivity contribution is 0.194. The molecule has 3 nitrogen and oxygen atoms in total. The molecule has 5 heteroatoms. The van der Waals surface area contributed by atoms with Crippen molar-refractivity contribution in [2.75, 3.05) is 13.6 Å². The number of hydrogen-bond donors (Lipinski definition) is 1. The summed E-state index contributed by atoms with van der Waals surface area (Å²) < 4.78 is 7.01. The first-order valence-corrected chi connectivity index (χ1v) is 7.59. The van der Waals surface area contributed by atoms with Crippen LogP contribution in [0.5, 0.6) is 5.75 Å². The highest BCUT2D eigenvalue weighted by Crippen LogP contribution is 2.29. The van der Waals surface area contributed by atoms with E-state index in [4.69, 9.17) is 4.74 Å². The summed E-state index contributed by atoms with van der Waals surface area (Å²) in [6.07, 6.45) is 0.748. The highest BCUT2D eigenvalue weighted by atomic mass is 79.9. The molecule has 0 amide bonds. The summed E-state index contributed by atoms with van der Waals surface area (Å²) in [6, 6.07) is 17.7. The molecule has 1 atom stereocenters. The Hall–Kier alpha value is -1.54. The lowest BCUT2D eigenvalue weighted by Gasteiger charge is -2.20. The summed E-state index contributed by atoms with van der Waals surface area (Å²) >= 11 is 3.42. The van der Waals surface area contributed by atoms with E-state index in [0.29, 0.717) is 11.3 Å². The number of ether oxygens (including phenoxy) is 1. The third-order valence-electron chi connectivity index (χ3n) is 3.16. The van der Waals surface area contributed by atoms with E-state index in [1.807, 2.05) is 49.5 Å². The lowest BCUT2D eigenvalue weighted by Crippen LogP contribution is -2.16. The molecule has 0 bridgehead atoms. The van der Waals surface area contributed by atoms with Gasteiger partial charge in [-0.2, -0.15) is 5.26 Å². The zero-order valence-corrected chi connectivity index (χ0v) is 14.7. The van der Waals surface area contributed by atoms with Gasteiger partial charge in [-0.05, 0) is 37.4 Å². The molecular weight excluding hydrogens is 364 g/mol. The first-order valence-electron chi connectivity index (χ1n) is 6.80. The Kier molecular flexibility index (Phi) is 7.97. The minimum absolute atomic E-state index is 0. The van der Waals surface area contributed by atoms with E-state index in [9.17, 15) is 5.26 Å². The summed E-state index contributed by atoms with van der Waals surface area (Å²) in [5.41, 5.74) is 1.65. The predicted octanol–water partition coefficient (Wildman–Crippen LogP) is 4.47. The van der Waals surface area contributed by atoms with Crippen LogP contribution in [-0.4, -0.2) is 13.6 Å². The van der Waals surface area contributed by atoms with Crippen molar-refractivity contribution >= 4 is 28.3 Å². The van der Waals surface area contributed by atoms with Gasteiger partial charge in [0.05, 0.1) is 5.56 Å². The van der Waals surface area contributed by atoms with Crippen LogP contribution in [-0.2, 0) is 0 Å². The second kappa shape index (κ2) is 9.47. The van der Waals surface area contributed by atoms with Gasteiger partial charge in [-0.15, -0.1) is 12.4 Å². The Balaban J connectivity index is 0.00000242. The van der Waals surface area contributed by atoms with Crippen molar-refractivity contribution in [2.24, 2.45) is 0 Å². The van der Waals surface area contributed by atoms with E-state index in [1.165, 1.54) is 0 Å². The molecule has 2 aromatic carbocycles. The number of hydrogen-bond acceptors (Lipinski definition) is 3. The van der Waals surface area contributed by atoms with Gasteiger partial charge in [-0.25, -0.2) is 0 Å². The second-order valence-corrected chi connectivity index (χ2v) is 5.58. The minimum atomic E-state index is -0.0833. The molecule has 116 valence electrons. The van der Waals surface area contributed by atoms with Crippen LogP contribution >= 0.6 is 28.3 Å². The van der Waals surface area contributed by atoms with Crippen LogP contribution in [0.15, 0.2) is 53.0 Å². The van der Waals surface area contributed by atoms with Crippen molar-refractivity contribution in [1.82, 2.24) is 5.32 Å². The average molecular weight is 382 g/mol. The molecule has 0 aliphatic rings. The zero-order valence-electron chi connectivity index (χ0n) is 12.3. The van der Waals surface area contributed by atoms with Gasteiger partial charge in [0.1, 0.15) is 17.9 Å². The van der Waals surface area contributed by atoms with Crippen molar-refractivity contribution in [1.29, 1.82) is 5.26 Å². The number of nitrogens with one attached hydrogen (secondary N) is 1. The van der Waals surface area contributed by atoms with Crippen molar-refractivity contribution in [3.05, 3.63) is 64.1 Å². The smallest absolute Gasteiger partial charge is 0.139 e. The van der Waals surface area contributed by atoms with Crippen LogP contribution in [0.2, 0.25) is 0 Å². The van der Waals surface area contributed by atoms with Crippen LogP contribution in [0, 0.1) is 11.3 Å². The minimum Gasteiger partial charge on any atom is -0.484 e. The van der Waals surface area contributed by atoms with Gasteiger partial charge in [0.2, 0.25) is 0 Å². The maximum atomic E-state index is 9.21. The summed E-state index contributed by atoms with van der Waals surface area (Å²) in [5, 5.41) is 12.4. The Labute approximate surface area is 145 Å². The van der Waals surface area contributed by atoms with Crippen molar-refractivity contribution in [3.8, 4) is 11.8 Å². The van der Waals surface area contributed by atoms with Crippen molar-refractivity contribution in [3.63, 3.8) is 0 Å². The molecule has 2 aromatic rings. The normalized spacial score (nSPS) is 11.1. The van der Waals surface area contributed by atoms with Crippen LogP contribution in [0.4, 0.5) is 0 Å². The van der Waals surface area contributed by atoms with Gasteiger partial charge >= 0.3 is 0 Å². The molecule has 2 rings (SSSR count). The fourth-order valence-electron chi connectivity index (χ4n) is 2.08. The molecule has 0 saturated heterocycles. The maximum Gasteiger partial charge on any atom is 0.139 e. The topological polar surface area (TPSA) is 45.0 Å². The maximum absolute atomic E-state index is 9.21. The predicted molar refractivity (Wildman–Crippen MR) is 94.5 cm³/mol. The van der Waals surface area contributed by atoms with E-state index < -0.39 is 0 Å². The Morgan fingerprint density at radius 3 is 2.59 bits per heavy atom. The number of rotatable bonds is 6. The SMILES string of the molecule is CNCC[C@@H](Oc1cc(Br)ccc1C#N)c1ccccc1.Cl. The second-order valence-electron chi connectivity index (χ2n) is 4.66. The fourth-order valence-corrected chi connectivity index (χ4v) is 2.42. The third kappa shape index (κ3) is 5.03. The Bertz CT molecular complexity index is 628. The number of nitriles is 1. The first-order chi connectivity index (χ1) is 10.2. The molecule has 0 aliphatic heterocycles. The molecular formula is C17H18BrClN2O. The monoisotopic (exact) mass is 380 g/mol. The summed E-state index contributed by atoms with van der Waals surface area (Å²) in [7, 11) is 1.92. The van der Waals surface area contributed by atoms with Gasteiger partial charge in [0.25, 0.3) is 0 Å². The average Bonchev–Trinajstić information content (AvgIpc) is 2.52. The summed E-state index contributed by atoms with van der Waals surface area (Å²) in [4.78, 5) is 0. The molecule has 0 saturated carbocycles. The number of benzene rings is 2. The van der Waals surface area contributed by atoms with Crippen LogP contribution < -0.4 is 10.1 Å².